The Morgan fingerprint density at radius 1 is 1.22 bits per heavy atom. The van der Waals surface area contributed by atoms with Crippen LogP contribution in [0.3, 0.4) is 0 Å². The molecule has 2 aromatic carbocycles. The van der Waals surface area contributed by atoms with Crippen molar-refractivity contribution >= 4 is 23.3 Å². The van der Waals surface area contributed by atoms with E-state index in [1.54, 1.807) is 22.8 Å². The van der Waals surface area contributed by atoms with Crippen LogP contribution in [0.15, 0.2) is 48.5 Å². The van der Waals surface area contributed by atoms with E-state index in [9.17, 15) is 20.0 Å². The SMILES string of the molecule is Cc1ccc(Cn2c(-c3ccccc3[N+](=O)[O-])nc(Cl)c2CC(=O)O)cc1. The molecule has 0 unspecified atom stereocenters. The zero-order valence-electron chi connectivity index (χ0n) is 14.4. The van der Waals surface area contributed by atoms with Crippen molar-refractivity contribution in [2.75, 3.05) is 0 Å². The topological polar surface area (TPSA) is 98.3 Å². The minimum Gasteiger partial charge on any atom is -0.481 e. The third-order valence-corrected chi connectivity index (χ3v) is 4.45. The molecule has 0 saturated heterocycles. The first-order valence-electron chi connectivity index (χ1n) is 8.13. The number of carboxylic acids is 1. The van der Waals surface area contributed by atoms with Gasteiger partial charge >= 0.3 is 5.97 Å². The summed E-state index contributed by atoms with van der Waals surface area (Å²) >= 11 is 6.20. The van der Waals surface area contributed by atoms with Gasteiger partial charge in [0.05, 0.1) is 22.6 Å². The molecule has 0 amide bonds. The molecule has 3 aromatic rings. The van der Waals surface area contributed by atoms with E-state index in [1.165, 1.54) is 6.07 Å². The molecule has 138 valence electrons. The summed E-state index contributed by atoms with van der Waals surface area (Å²) in [4.78, 5) is 26.5. The minimum absolute atomic E-state index is 0.0256. The third-order valence-electron chi connectivity index (χ3n) is 4.15. The fourth-order valence-electron chi connectivity index (χ4n) is 2.84. The van der Waals surface area contributed by atoms with Crippen molar-refractivity contribution in [1.29, 1.82) is 0 Å². The summed E-state index contributed by atoms with van der Waals surface area (Å²) in [7, 11) is 0. The number of hydrogen-bond donors (Lipinski definition) is 1. The van der Waals surface area contributed by atoms with E-state index in [1.807, 2.05) is 31.2 Å². The van der Waals surface area contributed by atoms with Gasteiger partial charge in [0.15, 0.2) is 5.15 Å². The van der Waals surface area contributed by atoms with Gasteiger partial charge in [-0.3, -0.25) is 14.9 Å². The summed E-state index contributed by atoms with van der Waals surface area (Å²) in [5, 5.41) is 20.7. The molecule has 0 aliphatic rings. The number of para-hydroxylation sites is 1. The van der Waals surface area contributed by atoms with Gasteiger partial charge in [-0.05, 0) is 18.6 Å². The van der Waals surface area contributed by atoms with Crippen LogP contribution in [0.25, 0.3) is 11.4 Å². The summed E-state index contributed by atoms with van der Waals surface area (Å²) in [6, 6.07) is 13.9. The molecule has 27 heavy (non-hydrogen) atoms. The Kier molecular flexibility index (Phi) is 5.23. The van der Waals surface area contributed by atoms with Crippen molar-refractivity contribution in [3.8, 4) is 11.4 Å². The third kappa shape index (κ3) is 3.98. The molecule has 1 N–H and O–H groups in total. The molecule has 0 bridgehead atoms. The van der Waals surface area contributed by atoms with E-state index >= 15 is 0 Å². The molecule has 0 radical (unpaired) electrons. The number of nitro benzene ring substituents is 1. The lowest BCUT2D eigenvalue weighted by Crippen LogP contribution is -2.11. The van der Waals surface area contributed by atoms with E-state index in [2.05, 4.69) is 4.98 Å². The molecule has 0 fully saturated rings. The quantitative estimate of drug-likeness (QED) is 0.509. The van der Waals surface area contributed by atoms with E-state index in [0.29, 0.717) is 12.2 Å². The number of aliphatic carboxylic acids is 1. The fraction of sp³-hybridized carbons (Fsp3) is 0.158. The number of hydrogen-bond acceptors (Lipinski definition) is 4. The fourth-order valence-corrected chi connectivity index (χ4v) is 3.09. The Morgan fingerprint density at radius 2 is 1.89 bits per heavy atom. The summed E-state index contributed by atoms with van der Waals surface area (Å²) in [6.07, 6.45) is -0.335. The Hall–Kier alpha value is -3.19. The molecule has 8 heteroatoms. The molecular formula is C19H16ClN3O4. The summed E-state index contributed by atoms with van der Waals surface area (Å²) < 4.78 is 1.63. The van der Waals surface area contributed by atoms with Gasteiger partial charge in [-0.1, -0.05) is 53.6 Å². The van der Waals surface area contributed by atoms with Crippen molar-refractivity contribution in [2.45, 2.75) is 19.9 Å². The highest BCUT2D eigenvalue weighted by Gasteiger charge is 2.24. The number of halogens is 1. The van der Waals surface area contributed by atoms with Gasteiger partial charge in [-0.25, -0.2) is 4.98 Å². The zero-order valence-corrected chi connectivity index (χ0v) is 15.2. The summed E-state index contributed by atoms with van der Waals surface area (Å²) in [6.45, 7) is 2.26. The van der Waals surface area contributed by atoms with E-state index < -0.39 is 10.9 Å². The second kappa shape index (κ2) is 7.59. The molecule has 1 aromatic heterocycles. The average Bonchev–Trinajstić information content (AvgIpc) is 2.92. The summed E-state index contributed by atoms with van der Waals surface area (Å²) in [5.41, 5.74) is 2.46. The molecule has 3 rings (SSSR count). The van der Waals surface area contributed by atoms with Crippen molar-refractivity contribution in [1.82, 2.24) is 9.55 Å². The second-order valence-electron chi connectivity index (χ2n) is 6.09. The predicted molar refractivity (Wildman–Crippen MR) is 101 cm³/mol. The zero-order chi connectivity index (χ0) is 19.6. The Morgan fingerprint density at radius 3 is 2.52 bits per heavy atom. The van der Waals surface area contributed by atoms with Crippen LogP contribution in [0.1, 0.15) is 16.8 Å². The van der Waals surface area contributed by atoms with Crippen molar-refractivity contribution in [3.05, 3.63) is 80.6 Å². The number of nitro groups is 1. The van der Waals surface area contributed by atoms with E-state index in [-0.39, 0.29) is 28.6 Å². The second-order valence-corrected chi connectivity index (χ2v) is 6.45. The van der Waals surface area contributed by atoms with Gasteiger partial charge in [0, 0.05) is 12.6 Å². The monoisotopic (exact) mass is 385 g/mol. The predicted octanol–water partition coefficient (Wildman–Crippen LogP) is 4.10. The lowest BCUT2D eigenvalue weighted by Gasteiger charge is -2.12. The first-order valence-corrected chi connectivity index (χ1v) is 8.50. The van der Waals surface area contributed by atoms with Crippen molar-refractivity contribution in [2.24, 2.45) is 0 Å². The number of nitrogens with zero attached hydrogens (tertiary/aromatic N) is 3. The highest BCUT2D eigenvalue weighted by molar-refractivity contribution is 6.30. The Bertz CT molecular complexity index is 1010. The van der Waals surface area contributed by atoms with Crippen molar-refractivity contribution < 1.29 is 14.8 Å². The Labute approximate surface area is 160 Å². The van der Waals surface area contributed by atoms with Gasteiger partial charge in [-0.2, -0.15) is 0 Å². The van der Waals surface area contributed by atoms with Gasteiger partial charge in [0.25, 0.3) is 5.69 Å². The first kappa shape index (κ1) is 18.6. The number of imidazole rings is 1. The minimum atomic E-state index is -1.06. The van der Waals surface area contributed by atoms with Crippen LogP contribution >= 0.6 is 11.6 Å². The number of carbonyl (C=O) groups is 1. The van der Waals surface area contributed by atoms with Crippen LogP contribution < -0.4 is 0 Å². The van der Waals surface area contributed by atoms with E-state index in [4.69, 9.17) is 11.6 Å². The molecule has 0 aliphatic heterocycles. The van der Waals surface area contributed by atoms with Gasteiger partial charge < -0.3 is 9.67 Å². The van der Waals surface area contributed by atoms with Crippen LogP contribution in [0.2, 0.25) is 5.15 Å². The lowest BCUT2D eigenvalue weighted by molar-refractivity contribution is -0.384. The van der Waals surface area contributed by atoms with Crippen LogP contribution in [0.5, 0.6) is 0 Å². The van der Waals surface area contributed by atoms with Gasteiger partial charge in [0.1, 0.15) is 5.82 Å². The standard InChI is InChI=1S/C19H16ClN3O4/c1-12-6-8-13(9-7-12)11-22-16(10-17(24)25)18(20)21-19(22)14-4-2-3-5-15(14)23(26)27/h2-9H,10-11H2,1H3,(H,24,25). The molecule has 7 nitrogen and oxygen atoms in total. The maximum Gasteiger partial charge on any atom is 0.309 e. The average molecular weight is 386 g/mol. The number of carboxylic acid groups (broad SMARTS) is 1. The highest BCUT2D eigenvalue weighted by Crippen LogP contribution is 2.33. The van der Waals surface area contributed by atoms with Crippen molar-refractivity contribution in [3.63, 3.8) is 0 Å². The van der Waals surface area contributed by atoms with E-state index in [0.717, 1.165) is 11.1 Å². The summed E-state index contributed by atoms with van der Waals surface area (Å²) in [5.74, 6) is -0.791. The maximum atomic E-state index is 11.4. The van der Waals surface area contributed by atoms with Gasteiger partial charge in [0.2, 0.25) is 0 Å². The molecule has 0 saturated carbocycles. The van der Waals surface area contributed by atoms with Crippen LogP contribution in [0.4, 0.5) is 5.69 Å². The number of benzene rings is 2. The molecular weight excluding hydrogens is 370 g/mol. The Balaban J connectivity index is 2.18. The van der Waals surface area contributed by atoms with Crippen LogP contribution in [0, 0.1) is 17.0 Å². The van der Waals surface area contributed by atoms with Crippen LogP contribution in [-0.2, 0) is 17.8 Å². The lowest BCUT2D eigenvalue weighted by atomic mass is 10.1. The molecule has 0 atom stereocenters. The molecule has 1 heterocycles. The number of aryl methyl sites for hydroxylation is 1. The largest absolute Gasteiger partial charge is 0.481 e. The first-order chi connectivity index (χ1) is 12.9. The normalized spacial score (nSPS) is 10.7. The maximum absolute atomic E-state index is 11.4. The number of rotatable bonds is 6. The van der Waals surface area contributed by atoms with Gasteiger partial charge in [-0.15, -0.1) is 0 Å². The number of aromatic nitrogens is 2. The highest BCUT2D eigenvalue weighted by atomic mass is 35.5. The molecule has 0 spiro atoms. The molecule has 0 aliphatic carbocycles. The smallest absolute Gasteiger partial charge is 0.309 e. The van der Waals surface area contributed by atoms with Crippen LogP contribution in [-0.4, -0.2) is 25.6 Å².